The number of aliphatic hydroxyl groups excluding tert-OH is 2. The van der Waals surface area contributed by atoms with Crippen LogP contribution in [0, 0.1) is 6.92 Å². The quantitative estimate of drug-likeness (QED) is 0.502. The van der Waals surface area contributed by atoms with Gasteiger partial charge in [0.15, 0.2) is 6.10 Å². The van der Waals surface area contributed by atoms with Crippen molar-refractivity contribution in [1.82, 2.24) is 0 Å². The molecule has 0 saturated carbocycles. The zero-order valence-corrected chi connectivity index (χ0v) is 8.34. The molecule has 0 saturated heterocycles. The van der Waals surface area contributed by atoms with Gasteiger partial charge in [-0.1, -0.05) is 12.1 Å². The molecule has 1 aromatic rings. The molecule has 0 heterocycles. The van der Waals surface area contributed by atoms with Gasteiger partial charge in [0.2, 0.25) is 5.91 Å². The highest BCUT2D eigenvalue weighted by Gasteiger charge is 2.26. The van der Waals surface area contributed by atoms with Gasteiger partial charge in [-0.05, 0) is 18.6 Å². The van der Waals surface area contributed by atoms with Gasteiger partial charge in [0.25, 0.3) is 0 Å². The number of rotatable bonds is 3. The normalized spacial score (nSPS) is 14.6. The Morgan fingerprint density at radius 2 is 2.00 bits per heavy atom. The Kier molecular flexibility index (Phi) is 3.28. The molecule has 5 heteroatoms. The molecule has 1 amide bonds. The summed E-state index contributed by atoms with van der Waals surface area (Å²) in [5, 5.41) is 19.0. The molecule has 2 atom stereocenters. The molecule has 6 N–H and O–H groups in total. The molecule has 0 aromatic heterocycles. The molecule has 0 bridgehead atoms. The summed E-state index contributed by atoms with van der Waals surface area (Å²) >= 11 is 0. The first-order valence-electron chi connectivity index (χ1n) is 4.45. The van der Waals surface area contributed by atoms with Crippen molar-refractivity contribution in [1.29, 1.82) is 0 Å². The lowest BCUT2D eigenvalue weighted by atomic mass is 9.97. The van der Waals surface area contributed by atoms with Crippen LogP contribution in [0.15, 0.2) is 18.2 Å². The Morgan fingerprint density at radius 3 is 2.47 bits per heavy atom. The number of aliphatic hydroxyl groups is 2. The summed E-state index contributed by atoms with van der Waals surface area (Å²) in [6, 6.07) is 5.03. The Hall–Kier alpha value is -1.59. The molecule has 15 heavy (non-hydrogen) atoms. The lowest BCUT2D eigenvalue weighted by molar-refractivity contribution is -0.131. The van der Waals surface area contributed by atoms with Crippen molar-refractivity contribution < 1.29 is 15.0 Å². The van der Waals surface area contributed by atoms with Gasteiger partial charge in [0.05, 0.1) is 0 Å². The van der Waals surface area contributed by atoms with E-state index < -0.39 is 18.1 Å². The van der Waals surface area contributed by atoms with Crippen LogP contribution in [-0.4, -0.2) is 22.2 Å². The summed E-state index contributed by atoms with van der Waals surface area (Å²) < 4.78 is 0. The third-order valence-corrected chi connectivity index (χ3v) is 2.24. The summed E-state index contributed by atoms with van der Waals surface area (Å²) in [6.45, 7) is 1.72. The maximum Gasteiger partial charge on any atom is 0.249 e. The first-order valence-corrected chi connectivity index (χ1v) is 4.45. The number of primary amides is 1. The number of nitrogen functional groups attached to an aromatic ring is 1. The van der Waals surface area contributed by atoms with Crippen LogP contribution in [0.3, 0.4) is 0 Å². The molecule has 1 aromatic carbocycles. The zero-order valence-electron chi connectivity index (χ0n) is 8.34. The predicted octanol–water partition coefficient (Wildman–Crippen LogP) is -0.543. The Labute approximate surface area is 87.3 Å². The fourth-order valence-corrected chi connectivity index (χ4v) is 1.42. The van der Waals surface area contributed by atoms with Gasteiger partial charge in [-0.2, -0.15) is 0 Å². The van der Waals surface area contributed by atoms with E-state index in [9.17, 15) is 15.0 Å². The molecule has 5 nitrogen and oxygen atoms in total. The molecule has 0 aliphatic heterocycles. The number of anilines is 1. The standard InChI is InChI=1S/C10H14N2O3/c1-5-3-2-4-6(11)7(5)8(13)9(14)10(12)15/h2-4,8-9,13-14H,11H2,1H3,(H2,12,15). The van der Waals surface area contributed by atoms with E-state index in [1.54, 1.807) is 25.1 Å². The number of hydrogen-bond acceptors (Lipinski definition) is 4. The second-order valence-corrected chi connectivity index (χ2v) is 3.37. The van der Waals surface area contributed by atoms with Crippen LogP contribution in [-0.2, 0) is 4.79 Å². The zero-order chi connectivity index (χ0) is 11.6. The summed E-state index contributed by atoms with van der Waals surface area (Å²) in [5.41, 5.74) is 11.9. The molecule has 0 aliphatic rings. The van der Waals surface area contributed by atoms with E-state index in [4.69, 9.17) is 11.5 Å². The SMILES string of the molecule is Cc1cccc(N)c1C(O)C(O)C(N)=O. The predicted molar refractivity (Wildman–Crippen MR) is 55.8 cm³/mol. The van der Waals surface area contributed by atoms with E-state index in [1.807, 2.05) is 0 Å². The highest BCUT2D eigenvalue weighted by atomic mass is 16.3. The van der Waals surface area contributed by atoms with Crippen molar-refractivity contribution in [3.63, 3.8) is 0 Å². The van der Waals surface area contributed by atoms with Crippen LogP contribution in [0.4, 0.5) is 5.69 Å². The van der Waals surface area contributed by atoms with Crippen molar-refractivity contribution in [2.75, 3.05) is 5.73 Å². The van der Waals surface area contributed by atoms with Crippen molar-refractivity contribution in [2.45, 2.75) is 19.1 Å². The largest absolute Gasteiger partial charge is 0.398 e. The molecule has 82 valence electrons. The minimum Gasteiger partial charge on any atom is -0.398 e. The van der Waals surface area contributed by atoms with Gasteiger partial charge in [0.1, 0.15) is 6.10 Å². The lowest BCUT2D eigenvalue weighted by Crippen LogP contribution is -2.34. The molecular weight excluding hydrogens is 196 g/mol. The highest BCUT2D eigenvalue weighted by Crippen LogP contribution is 2.26. The second kappa shape index (κ2) is 4.29. The van der Waals surface area contributed by atoms with E-state index in [1.165, 1.54) is 0 Å². The number of hydrogen-bond donors (Lipinski definition) is 4. The summed E-state index contributed by atoms with van der Waals surface area (Å²) in [6.07, 6.45) is -3.03. The molecule has 2 unspecified atom stereocenters. The first kappa shape index (κ1) is 11.5. The average Bonchev–Trinajstić information content (AvgIpc) is 2.15. The third kappa shape index (κ3) is 2.26. The maximum atomic E-state index is 10.7. The topological polar surface area (TPSA) is 110 Å². The van der Waals surface area contributed by atoms with E-state index in [-0.39, 0.29) is 0 Å². The molecule has 0 fully saturated rings. The monoisotopic (exact) mass is 210 g/mol. The number of amides is 1. The van der Waals surface area contributed by atoms with Crippen LogP contribution in [0.1, 0.15) is 17.2 Å². The van der Waals surface area contributed by atoms with Gasteiger partial charge in [-0.3, -0.25) is 4.79 Å². The van der Waals surface area contributed by atoms with Crippen LogP contribution in [0.5, 0.6) is 0 Å². The molecule has 0 spiro atoms. The Bertz CT molecular complexity index is 359. The number of aryl methyl sites for hydroxylation is 1. The van der Waals surface area contributed by atoms with Gasteiger partial charge in [-0.15, -0.1) is 0 Å². The summed E-state index contributed by atoms with van der Waals surface area (Å²) in [7, 11) is 0. The van der Waals surface area contributed by atoms with Crippen LogP contribution >= 0.6 is 0 Å². The van der Waals surface area contributed by atoms with Crippen LogP contribution in [0.2, 0.25) is 0 Å². The first-order chi connectivity index (χ1) is 6.95. The maximum absolute atomic E-state index is 10.7. The van der Waals surface area contributed by atoms with Crippen LogP contribution in [0.25, 0.3) is 0 Å². The Morgan fingerprint density at radius 1 is 1.40 bits per heavy atom. The van der Waals surface area contributed by atoms with Gasteiger partial charge < -0.3 is 21.7 Å². The average molecular weight is 210 g/mol. The second-order valence-electron chi connectivity index (χ2n) is 3.37. The van der Waals surface area contributed by atoms with Gasteiger partial charge in [0, 0.05) is 11.3 Å². The molecule has 0 radical (unpaired) electrons. The summed E-state index contributed by atoms with van der Waals surface area (Å²) in [4.78, 5) is 10.7. The van der Waals surface area contributed by atoms with Crippen molar-refractivity contribution >= 4 is 11.6 Å². The van der Waals surface area contributed by atoms with Crippen LogP contribution < -0.4 is 11.5 Å². The molecule has 1 rings (SSSR count). The van der Waals surface area contributed by atoms with Crippen molar-refractivity contribution in [3.8, 4) is 0 Å². The fraction of sp³-hybridized carbons (Fsp3) is 0.300. The van der Waals surface area contributed by atoms with Gasteiger partial charge >= 0.3 is 0 Å². The summed E-state index contributed by atoms with van der Waals surface area (Å²) in [5.74, 6) is -0.981. The minimum atomic E-state index is -1.65. The third-order valence-electron chi connectivity index (χ3n) is 2.24. The number of benzene rings is 1. The number of carbonyl (C=O) groups is 1. The lowest BCUT2D eigenvalue weighted by Gasteiger charge is -2.19. The van der Waals surface area contributed by atoms with E-state index in [0.29, 0.717) is 16.8 Å². The van der Waals surface area contributed by atoms with E-state index in [2.05, 4.69) is 0 Å². The van der Waals surface area contributed by atoms with E-state index >= 15 is 0 Å². The highest BCUT2D eigenvalue weighted by molar-refractivity contribution is 5.80. The smallest absolute Gasteiger partial charge is 0.249 e. The van der Waals surface area contributed by atoms with Crippen molar-refractivity contribution in [2.24, 2.45) is 5.73 Å². The van der Waals surface area contributed by atoms with Gasteiger partial charge in [-0.25, -0.2) is 0 Å². The number of nitrogens with two attached hydrogens (primary N) is 2. The molecule has 0 aliphatic carbocycles. The Balaban J connectivity index is 3.10. The number of carbonyl (C=O) groups excluding carboxylic acids is 1. The van der Waals surface area contributed by atoms with Crippen molar-refractivity contribution in [3.05, 3.63) is 29.3 Å². The fourth-order valence-electron chi connectivity index (χ4n) is 1.42. The van der Waals surface area contributed by atoms with E-state index in [0.717, 1.165) is 0 Å². The minimum absolute atomic E-state index is 0.322. The molecular formula is C10H14N2O3.